The Morgan fingerprint density at radius 3 is 2.96 bits per heavy atom. The van der Waals surface area contributed by atoms with Gasteiger partial charge in [-0.1, -0.05) is 24.3 Å². The van der Waals surface area contributed by atoms with Gasteiger partial charge in [0.25, 0.3) is 5.91 Å². The molecule has 2 fully saturated rings. The largest absolute Gasteiger partial charge is 0.376 e. The van der Waals surface area contributed by atoms with Crippen molar-refractivity contribution < 1.29 is 9.53 Å². The van der Waals surface area contributed by atoms with Crippen LogP contribution in [0.4, 0.5) is 0 Å². The number of carbonyl (C=O) groups excluding carboxylic acids is 1. The lowest BCUT2D eigenvalue weighted by Gasteiger charge is -2.30. The van der Waals surface area contributed by atoms with Crippen LogP contribution in [-0.2, 0) is 4.74 Å². The van der Waals surface area contributed by atoms with Crippen molar-refractivity contribution in [2.75, 3.05) is 24.7 Å². The van der Waals surface area contributed by atoms with Gasteiger partial charge in [0.1, 0.15) is 5.69 Å². The topological polar surface area (TPSA) is 42.4 Å². The van der Waals surface area contributed by atoms with Crippen LogP contribution in [0.25, 0.3) is 10.9 Å². The number of hydrogen-bond donors (Lipinski definition) is 0. The van der Waals surface area contributed by atoms with Gasteiger partial charge in [0, 0.05) is 30.3 Å². The van der Waals surface area contributed by atoms with Crippen LogP contribution in [0.5, 0.6) is 0 Å². The summed E-state index contributed by atoms with van der Waals surface area (Å²) in [6, 6.07) is 12.1. The highest BCUT2D eigenvalue weighted by atomic mass is 32.2. The van der Waals surface area contributed by atoms with Crippen molar-refractivity contribution in [3.8, 4) is 0 Å². The van der Waals surface area contributed by atoms with E-state index in [-0.39, 0.29) is 12.0 Å². The van der Waals surface area contributed by atoms with Crippen molar-refractivity contribution in [3.63, 3.8) is 0 Å². The average molecular weight is 342 g/mol. The predicted octanol–water partition coefficient (Wildman–Crippen LogP) is 3.36. The monoisotopic (exact) mass is 342 g/mol. The van der Waals surface area contributed by atoms with Crippen LogP contribution >= 0.6 is 11.8 Å². The number of nitrogens with zero attached hydrogens (tertiary/aromatic N) is 2. The Morgan fingerprint density at radius 1 is 1.25 bits per heavy atom. The molecule has 0 aliphatic carbocycles. The minimum absolute atomic E-state index is 0.0451. The number of para-hydroxylation sites is 1. The molecule has 4 rings (SSSR count). The second-order valence-electron chi connectivity index (χ2n) is 6.50. The smallest absolute Gasteiger partial charge is 0.272 e. The van der Waals surface area contributed by atoms with Gasteiger partial charge < -0.3 is 9.64 Å². The summed E-state index contributed by atoms with van der Waals surface area (Å²) in [7, 11) is 0. The summed E-state index contributed by atoms with van der Waals surface area (Å²) >= 11 is 1.93. The summed E-state index contributed by atoms with van der Waals surface area (Å²) in [6.07, 6.45) is 3.39. The Labute approximate surface area is 146 Å². The third-order valence-electron chi connectivity index (χ3n) is 4.85. The number of fused-ring (bicyclic) bond motifs is 1. The number of carbonyl (C=O) groups is 1. The Morgan fingerprint density at radius 2 is 2.17 bits per heavy atom. The van der Waals surface area contributed by atoms with Crippen molar-refractivity contribution in [1.29, 1.82) is 0 Å². The zero-order valence-electron chi connectivity index (χ0n) is 13.7. The van der Waals surface area contributed by atoms with Gasteiger partial charge in [0.2, 0.25) is 0 Å². The van der Waals surface area contributed by atoms with Gasteiger partial charge in [-0.2, -0.15) is 11.8 Å². The summed E-state index contributed by atoms with van der Waals surface area (Å²) < 4.78 is 5.78. The lowest BCUT2D eigenvalue weighted by atomic mass is 10.1. The minimum Gasteiger partial charge on any atom is -0.376 e. The van der Waals surface area contributed by atoms with E-state index in [1.807, 2.05) is 53.1 Å². The molecule has 1 aromatic heterocycles. The van der Waals surface area contributed by atoms with E-state index in [2.05, 4.69) is 4.98 Å². The number of benzene rings is 1. The molecule has 0 spiro atoms. The molecule has 2 saturated heterocycles. The zero-order chi connectivity index (χ0) is 16.4. The second-order valence-corrected chi connectivity index (χ2v) is 7.65. The Kier molecular flexibility index (Phi) is 4.72. The van der Waals surface area contributed by atoms with Crippen molar-refractivity contribution in [2.45, 2.75) is 31.4 Å². The molecular weight excluding hydrogens is 320 g/mol. The molecule has 126 valence electrons. The summed E-state index contributed by atoms with van der Waals surface area (Å²) in [6.45, 7) is 1.51. The average Bonchev–Trinajstić information content (AvgIpc) is 3.32. The molecule has 2 aromatic rings. The van der Waals surface area contributed by atoms with Gasteiger partial charge in [-0.3, -0.25) is 4.79 Å². The quantitative estimate of drug-likeness (QED) is 0.854. The fraction of sp³-hybridized carbons (Fsp3) is 0.474. The molecule has 0 unspecified atom stereocenters. The Hall–Kier alpha value is -1.59. The highest BCUT2D eigenvalue weighted by Gasteiger charge is 2.31. The van der Waals surface area contributed by atoms with E-state index < -0.39 is 0 Å². The predicted molar refractivity (Wildman–Crippen MR) is 97.5 cm³/mol. The molecule has 0 bridgehead atoms. The molecule has 24 heavy (non-hydrogen) atoms. The number of hydrogen-bond acceptors (Lipinski definition) is 4. The molecule has 5 heteroatoms. The van der Waals surface area contributed by atoms with E-state index >= 15 is 0 Å². The first-order chi connectivity index (χ1) is 11.8. The van der Waals surface area contributed by atoms with Crippen LogP contribution in [-0.4, -0.2) is 52.6 Å². The van der Waals surface area contributed by atoms with E-state index in [1.54, 1.807) is 0 Å². The van der Waals surface area contributed by atoms with Gasteiger partial charge in [-0.05, 0) is 37.1 Å². The number of aromatic nitrogens is 1. The standard InChI is InChI=1S/C19H22N2O2S/c22-19(18-8-7-14-4-1-2-6-17(14)20-18)21(15-9-11-24-13-15)12-16-5-3-10-23-16/h1-2,4,6-8,15-16H,3,5,9-13H2/t15-,16-/m0/s1. The second kappa shape index (κ2) is 7.11. The van der Waals surface area contributed by atoms with Crippen molar-refractivity contribution in [3.05, 3.63) is 42.1 Å². The first kappa shape index (κ1) is 15.9. The minimum atomic E-state index is 0.0451. The summed E-state index contributed by atoms with van der Waals surface area (Å²) in [5.41, 5.74) is 1.42. The molecule has 1 amide bonds. The van der Waals surface area contributed by atoms with E-state index in [1.165, 1.54) is 0 Å². The van der Waals surface area contributed by atoms with E-state index in [4.69, 9.17) is 4.74 Å². The van der Waals surface area contributed by atoms with E-state index in [0.29, 0.717) is 18.3 Å². The van der Waals surface area contributed by atoms with Crippen LogP contribution in [0, 0.1) is 0 Å². The lowest BCUT2D eigenvalue weighted by Crippen LogP contribution is -2.45. The third-order valence-corrected chi connectivity index (χ3v) is 5.99. The Bertz CT molecular complexity index is 724. The third kappa shape index (κ3) is 3.28. The molecule has 0 radical (unpaired) electrons. The fourth-order valence-electron chi connectivity index (χ4n) is 3.51. The summed E-state index contributed by atoms with van der Waals surface area (Å²) in [5, 5.41) is 1.07. The highest BCUT2D eigenvalue weighted by Crippen LogP contribution is 2.26. The van der Waals surface area contributed by atoms with Crippen LogP contribution in [0.2, 0.25) is 0 Å². The molecule has 3 heterocycles. The van der Waals surface area contributed by atoms with Crippen molar-refractivity contribution >= 4 is 28.6 Å². The zero-order valence-corrected chi connectivity index (χ0v) is 14.5. The first-order valence-electron chi connectivity index (χ1n) is 8.67. The summed E-state index contributed by atoms with van der Waals surface area (Å²) in [4.78, 5) is 19.8. The van der Waals surface area contributed by atoms with E-state index in [0.717, 1.165) is 48.3 Å². The SMILES string of the molecule is O=C(c1ccc2ccccc2n1)N(C[C@@H]1CCCO1)[C@H]1CCSC1. The summed E-state index contributed by atoms with van der Waals surface area (Å²) in [5.74, 6) is 2.20. The van der Waals surface area contributed by atoms with E-state index in [9.17, 15) is 4.79 Å². The molecule has 4 nitrogen and oxygen atoms in total. The number of amides is 1. The Balaban J connectivity index is 1.60. The van der Waals surface area contributed by atoms with Gasteiger partial charge in [-0.15, -0.1) is 0 Å². The number of thioether (sulfide) groups is 1. The van der Waals surface area contributed by atoms with Crippen LogP contribution in [0.1, 0.15) is 29.8 Å². The van der Waals surface area contributed by atoms with Gasteiger partial charge >= 0.3 is 0 Å². The van der Waals surface area contributed by atoms with Crippen LogP contribution in [0.15, 0.2) is 36.4 Å². The van der Waals surface area contributed by atoms with Crippen molar-refractivity contribution in [2.24, 2.45) is 0 Å². The molecule has 0 N–H and O–H groups in total. The number of ether oxygens (including phenoxy) is 1. The van der Waals surface area contributed by atoms with Gasteiger partial charge in [0.05, 0.1) is 11.6 Å². The molecule has 2 atom stereocenters. The molecule has 2 aliphatic rings. The normalized spacial score (nSPS) is 23.7. The van der Waals surface area contributed by atoms with Gasteiger partial charge in [0.15, 0.2) is 0 Å². The maximum absolute atomic E-state index is 13.2. The molecule has 0 saturated carbocycles. The first-order valence-corrected chi connectivity index (χ1v) is 9.83. The molecule has 1 aromatic carbocycles. The molecule has 2 aliphatic heterocycles. The number of rotatable bonds is 4. The van der Waals surface area contributed by atoms with Gasteiger partial charge in [-0.25, -0.2) is 4.98 Å². The van der Waals surface area contributed by atoms with Crippen LogP contribution in [0.3, 0.4) is 0 Å². The van der Waals surface area contributed by atoms with Crippen LogP contribution < -0.4 is 0 Å². The maximum Gasteiger partial charge on any atom is 0.272 e. The maximum atomic E-state index is 13.2. The lowest BCUT2D eigenvalue weighted by molar-refractivity contribution is 0.0437. The molecular formula is C19H22N2O2S. The van der Waals surface area contributed by atoms with Crippen molar-refractivity contribution in [1.82, 2.24) is 9.88 Å². The fourth-order valence-corrected chi connectivity index (χ4v) is 4.73. The highest BCUT2D eigenvalue weighted by molar-refractivity contribution is 7.99. The number of pyridine rings is 1.